The van der Waals surface area contributed by atoms with E-state index in [1.54, 1.807) is 0 Å². The van der Waals surface area contributed by atoms with Gasteiger partial charge >= 0.3 is 6.16 Å². The van der Waals surface area contributed by atoms with E-state index in [9.17, 15) is 15.0 Å². The number of aliphatic hydroxyl groups is 2. The maximum Gasteiger partial charge on any atom is 0.509 e. The van der Waals surface area contributed by atoms with Crippen LogP contribution in [-0.4, -0.2) is 53.7 Å². The highest BCUT2D eigenvalue weighted by Gasteiger charge is 2.54. The average molecular weight is 296 g/mol. The van der Waals surface area contributed by atoms with E-state index in [1.165, 1.54) is 0 Å². The van der Waals surface area contributed by atoms with Crippen LogP contribution in [0.5, 0.6) is 0 Å². The Bertz CT molecular complexity index is 491. The Morgan fingerprint density at radius 1 is 1.14 bits per heavy atom. The highest BCUT2D eigenvalue weighted by atomic mass is 16.8. The van der Waals surface area contributed by atoms with Gasteiger partial charge in [0.1, 0.15) is 12.2 Å². The van der Waals surface area contributed by atoms with Crippen LogP contribution in [0, 0.1) is 0 Å². The van der Waals surface area contributed by atoms with E-state index >= 15 is 0 Å². The second kappa shape index (κ2) is 5.98. The Balaban J connectivity index is 1.69. The van der Waals surface area contributed by atoms with Crippen molar-refractivity contribution in [3.05, 3.63) is 35.9 Å². The van der Waals surface area contributed by atoms with Crippen LogP contribution in [-0.2, 0) is 25.6 Å². The van der Waals surface area contributed by atoms with Crippen molar-refractivity contribution in [2.75, 3.05) is 6.61 Å². The van der Waals surface area contributed by atoms with Gasteiger partial charge in [-0.05, 0) is 5.56 Å². The van der Waals surface area contributed by atoms with Gasteiger partial charge in [0.05, 0.1) is 13.2 Å². The predicted octanol–water partition coefficient (Wildman–Crippen LogP) is 0.185. The number of benzene rings is 1. The molecular formula is C14H16O7. The van der Waals surface area contributed by atoms with Crippen LogP contribution in [0.2, 0.25) is 0 Å². The largest absolute Gasteiger partial charge is 0.509 e. The maximum atomic E-state index is 11.2. The van der Waals surface area contributed by atoms with Crippen molar-refractivity contribution >= 4 is 6.16 Å². The molecule has 2 fully saturated rings. The van der Waals surface area contributed by atoms with Gasteiger partial charge < -0.3 is 29.2 Å². The van der Waals surface area contributed by atoms with E-state index < -0.39 is 43.5 Å². The number of hydrogen-bond donors (Lipinski definition) is 2. The first-order chi connectivity index (χ1) is 10.2. The minimum atomic E-state index is -1.15. The molecule has 0 saturated carbocycles. The summed E-state index contributed by atoms with van der Waals surface area (Å²) >= 11 is 0. The number of hydrogen-bond acceptors (Lipinski definition) is 7. The molecule has 2 heterocycles. The van der Waals surface area contributed by atoms with Crippen LogP contribution in [0.4, 0.5) is 4.79 Å². The Morgan fingerprint density at radius 3 is 2.57 bits per heavy atom. The van der Waals surface area contributed by atoms with Crippen molar-refractivity contribution in [2.45, 2.75) is 37.3 Å². The zero-order chi connectivity index (χ0) is 14.8. The highest BCUT2D eigenvalue weighted by molar-refractivity contribution is 5.62. The van der Waals surface area contributed by atoms with Gasteiger partial charge in [0.25, 0.3) is 0 Å². The van der Waals surface area contributed by atoms with Gasteiger partial charge in [0.2, 0.25) is 0 Å². The minimum Gasteiger partial charge on any atom is -0.424 e. The Kier molecular flexibility index (Phi) is 4.07. The van der Waals surface area contributed by atoms with E-state index in [2.05, 4.69) is 0 Å². The fraction of sp³-hybridized carbons (Fsp3) is 0.500. The molecule has 2 N–H and O–H groups in total. The molecule has 1 aromatic carbocycles. The monoisotopic (exact) mass is 296 g/mol. The lowest BCUT2D eigenvalue weighted by atomic mass is 9.99. The number of rotatable bonds is 4. The van der Waals surface area contributed by atoms with E-state index in [0.29, 0.717) is 0 Å². The summed E-state index contributed by atoms with van der Waals surface area (Å²) in [5, 5.41) is 19.2. The lowest BCUT2D eigenvalue weighted by molar-refractivity contribution is -0.281. The van der Waals surface area contributed by atoms with Crippen LogP contribution in [0.15, 0.2) is 30.3 Å². The van der Waals surface area contributed by atoms with Crippen molar-refractivity contribution in [3.8, 4) is 0 Å². The summed E-state index contributed by atoms with van der Waals surface area (Å²) in [4.78, 5) is 11.2. The third kappa shape index (κ3) is 2.86. The fourth-order valence-corrected chi connectivity index (χ4v) is 2.44. The first-order valence-electron chi connectivity index (χ1n) is 6.66. The van der Waals surface area contributed by atoms with Gasteiger partial charge in [-0.3, -0.25) is 0 Å². The quantitative estimate of drug-likeness (QED) is 0.766. The number of carbonyl (C=O) groups is 1. The summed E-state index contributed by atoms with van der Waals surface area (Å²) in [7, 11) is 0. The Morgan fingerprint density at radius 2 is 1.86 bits per heavy atom. The molecule has 7 nitrogen and oxygen atoms in total. The number of aliphatic hydroxyl groups excluding tert-OH is 2. The average Bonchev–Trinajstić information content (AvgIpc) is 2.90. The molecule has 21 heavy (non-hydrogen) atoms. The molecule has 0 unspecified atom stereocenters. The zero-order valence-corrected chi connectivity index (χ0v) is 11.1. The van der Waals surface area contributed by atoms with E-state index in [4.69, 9.17) is 18.9 Å². The number of carbonyl (C=O) groups excluding carboxylic acids is 1. The fourth-order valence-electron chi connectivity index (χ4n) is 2.44. The highest BCUT2D eigenvalue weighted by Crippen LogP contribution is 2.31. The molecule has 1 aromatic rings. The molecule has 0 aliphatic carbocycles. The minimum absolute atomic E-state index is 0.251. The van der Waals surface area contributed by atoms with Crippen molar-refractivity contribution < 1.29 is 34.0 Å². The van der Waals surface area contributed by atoms with Gasteiger partial charge in [-0.15, -0.1) is 0 Å². The van der Waals surface area contributed by atoms with Crippen molar-refractivity contribution in [3.63, 3.8) is 0 Å². The van der Waals surface area contributed by atoms with Crippen molar-refractivity contribution in [1.82, 2.24) is 0 Å². The molecule has 7 heteroatoms. The Hall–Kier alpha value is -1.67. The van der Waals surface area contributed by atoms with E-state index in [0.717, 1.165) is 5.56 Å². The first-order valence-corrected chi connectivity index (χ1v) is 6.66. The normalized spacial score (nSPS) is 35.0. The second-order valence-electron chi connectivity index (χ2n) is 4.93. The van der Waals surface area contributed by atoms with Crippen molar-refractivity contribution in [1.29, 1.82) is 0 Å². The van der Waals surface area contributed by atoms with Gasteiger partial charge in [0, 0.05) is 0 Å². The third-order valence-corrected chi connectivity index (χ3v) is 3.52. The summed E-state index contributed by atoms with van der Waals surface area (Å²) in [5.74, 6) is 0. The first kappa shape index (κ1) is 14.3. The van der Waals surface area contributed by atoms with Gasteiger partial charge in [-0.1, -0.05) is 30.3 Å². The summed E-state index contributed by atoms with van der Waals surface area (Å²) in [6.45, 7) is -0.159. The maximum absolute atomic E-state index is 11.2. The van der Waals surface area contributed by atoms with Crippen LogP contribution in [0.25, 0.3) is 0 Å². The molecule has 2 aliphatic rings. The molecule has 2 saturated heterocycles. The smallest absolute Gasteiger partial charge is 0.424 e. The molecular weight excluding hydrogens is 280 g/mol. The topological polar surface area (TPSA) is 94.5 Å². The number of ether oxygens (including phenoxy) is 4. The molecule has 0 spiro atoms. The van der Waals surface area contributed by atoms with Crippen molar-refractivity contribution in [2.24, 2.45) is 0 Å². The van der Waals surface area contributed by atoms with Gasteiger partial charge in [-0.2, -0.15) is 0 Å². The third-order valence-electron chi connectivity index (χ3n) is 3.52. The molecule has 0 amide bonds. The van der Waals surface area contributed by atoms with Crippen LogP contribution in [0.1, 0.15) is 5.56 Å². The summed E-state index contributed by atoms with van der Waals surface area (Å²) in [5.41, 5.74) is 0.926. The Labute approximate surface area is 121 Å². The molecule has 5 atom stereocenters. The van der Waals surface area contributed by atoms with E-state index in [-0.39, 0.29) is 6.61 Å². The van der Waals surface area contributed by atoms with E-state index in [1.807, 2.05) is 30.3 Å². The molecule has 114 valence electrons. The molecule has 2 aliphatic heterocycles. The summed E-state index contributed by atoms with van der Waals surface area (Å²) in [6.07, 6.45) is -5.56. The standard InChI is InChI=1S/C14H16O7/c15-6-9-10(16)11-12(21-14(17)20-11)13(19-9)18-7-8-4-2-1-3-5-8/h1-5,9-13,15-16H,6-7H2/t9-,10-,11+,12+,13+/m1/s1. The molecule has 0 aromatic heterocycles. The molecule has 0 radical (unpaired) electrons. The SMILES string of the molecule is O=C1O[C@@H]2[C@@H](OCc3ccccc3)O[C@H](CO)[C@@H](O)[C@@H]2O1. The van der Waals surface area contributed by atoms with Crippen LogP contribution in [0.3, 0.4) is 0 Å². The van der Waals surface area contributed by atoms with Crippen LogP contribution < -0.4 is 0 Å². The summed E-state index contributed by atoms with van der Waals surface area (Å²) in [6, 6.07) is 9.41. The number of fused-ring (bicyclic) bond motifs is 1. The second-order valence-corrected chi connectivity index (χ2v) is 4.93. The summed E-state index contributed by atoms with van der Waals surface area (Å²) < 4.78 is 20.9. The lowest BCUT2D eigenvalue weighted by Crippen LogP contribution is -2.57. The zero-order valence-electron chi connectivity index (χ0n) is 11.1. The molecule has 0 bridgehead atoms. The lowest BCUT2D eigenvalue weighted by Gasteiger charge is -2.37. The van der Waals surface area contributed by atoms with Gasteiger partial charge in [0.15, 0.2) is 18.5 Å². The predicted molar refractivity (Wildman–Crippen MR) is 68.1 cm³/mol. The molecule has 3 rings (SSSR count). The van der Waals surface area contributed by atoms with Crippen LogP contribution >= 0.6 is 0 Å². The van der Waals surface area contributed by atoms with Gasteiger partial charge in [-0.25, -0.2) is 4.79 Å².